The maximum atomic E-state index is 13.1. The number of ether oxygens (including phenoxy) is 1. The summed E-state index contributed by atoms with van der Waals surface area (Å²) < 4.78 is 8.59. The van der Waals surface area contributed by atoms with Gasteiger partial charge in [-0.3, -0.25) is 14.2 Å². The Hall–Kier alpha value is -3.07. The number of benzene rings is 1. The summed E-state index contributed by atoms with van der Waals surface area (Å²) in [5, 5.41) is 0.594. The molecule has 3 aromatic rings. The molecule has 0 spiro atoms. The molecule has 152 valence electrons. The highest BCUT2D eigenvalue weighted by molar-refractivity contribution is 6.30. The molecule has 1 atom stereocenters. The van der Waals surface area contributed by atoms with Crippen LogP contribution >= 0.6 is 11.6 Å². The number of carbonyl (C=O) groups is 1. The van der Waals surface area contributed by atoms with E-state index in [9.17, 15) is 14.4 Å². The smallest absolute Gasteiger partial charge is 0.333 e. The molecule has 0 fully saturated rings. The van der Waals surface area contributed by atoms with Crippen LogP contribution in [0.4, 0.5) is 11.6 Å². The Morgan fingerprint density at radius 3 is 2.76 bits per heavy atom. The van der Waals surface area contributed by atoms with Gasteiger partial charge in [0.1, 0.15) is 6.54 Å². The van der Waals surface area contributed by atoms with Gasteiger partial charge in [-0.1, -0.05) is 24.6 Å². The van der Waals surface area contributed by atoms with Crippen LogP contribution in [0.25, 0.3) is 11.2 Å². The van der Waals surface area contributed by atoms with Gasteiger partial charge in [0.15, 0.2) is 11.2 Å². The summed E-state index contributed by atoms with van der Waals surface area (Å²) in [6.07, 6.45) is 0. The molecular formula is C19H20ClN5O4. The van der Waals surface area contributed by atoms with Gasteiger partial charge in [-0.25, -0.2) is 9.36 Å². The number of esters is 1. The van der Waals surface area contributed by atoms with E-state index in [4.69, 9.17) is 11.6 Å². The molecule has 29 heavy (non-hydrogen) atoms. The van der Waals surface area contributed by atoms with E-state index >= 15 is 0 Å². The number of nitrogens with zero attached hydrogens (tertiary/aromatic N) is 5. The molecule has 0 bridgehead atoms. The van der Waals surface area contributed by atoms with Crippen LogP contribution in [0.15, 0.2) is 33.9 Å². The number of anilines is 2. The minimum atomic E-state index is -0.671. The lowest BCUT2D eigenvalue weighted by atomic mass is 10.1. The van der Waals surface area contributed by atoms with Gasteiger partial charge < -0.3 is 14.2 Å². The molecule has 3 heterocycles. The Kier molecular flexibility index (Phi) is 4.70. The number of fused-ring (bicyclic) bond motifs is 3. The molecule has 2 aromatic heterocycles. The summed E-state index contributed by atoms with van der Waals surface area (Å²) in [5.41, 5.74) is 0.223. The molecule has 9 nitrogen and oxygen atoms in total. The maximum Gasteiger partial charge on any atom is 0.333 e. The number of rotatable bonds is 3. The van der Waals surface area contributed by atoms with Crippen LogP contribution < -0.4 is 16.1 Å². The van der Waals surface area contributed by atoms with Crippen LogP contribution in [-0.2, 0) is 29.7 Å². The lowest BCUT2D eigenvalue weighted by Crippen LogP contribution is -2.42. The Bertz CT molecular complexity index is 1240. The fraction of sp³-hybridized carbons (Fsp3) is 0.368. The number of aromatic nitrogens is 4. The van der Waals surface area contributed by atoms with Crippen LogP contribution in [0.2, 0.25) is 5.02 Å². The van der Waals surface area contributed by atoms with E-state index in [0.29, 0.717) is 24.1 Å². The number of methoxy groups -OCH3 is 1. The second-order valence-electron chi connectivity index (χ2n) is 7.20. The first-order chi connectivity index (χ1) is 13.8. The topological polar surface area (TPSA) is 91.4 Å². The van der Waals surface area contributed by atoms with Gasteiger partial charge in [0.05, 0.1) is 7.11 Å². The van der Waals surface area contributed by atoms with Crippen molar-refractivity contribution in [1.29, 1.82) is 0 Å². The van der Waals surface area contributed by atoms with Crippen molar-refractivity contribution in [3.63, 3.8) is 0 Å². The summed E-state index contributed by atoms with van der Waals surface area (Å²) in [6.45, 7) is 2.87. The summed E-state index contributed by atoms with van der Waals surface area (Å²) in [7, 11) is 2.74. The molecule has 0 amide bonds. The Morgan fingerprint density at radius 1 is 1.31 bits per heavy atom. The molecule has 1 aliphatic rings. The number of imidazole rings is 1. The van der Waals surface area contributed by atoms with Crippen molar-refractivity contribution >= 4 is 40.4 Å². The molecular weight excluding hydrogens is 398 g/mol. The van der Waals surface area contributed by atoms with Gasteiger partial charge >= 0.3 is 11.7 Å². The Morgan fingerprint density at radius 2 is 2.07 bits per heavy atom. The SMILES string of the molecule is COC(=O)Cn1c(=O)c2c(nc3n2C[C@H](C)CN3c2cccc(Cl)c2)n(C)c1=O. The molecule has 10 heteroatoms. The predicted octanol–water partition coefficient (Wildman–Crippen LogP) is 1.51. The van der Waals surface area contributed by atoms with Gasteiger partial charge in [-0.2, -0.15) is 4.98 Å². The number of halogens is 1. The minimum absolute atomic E-state index is 0.213. The third-order valence-corrected chi connectivity index (χ3v) is 5.31. The van der Waals surface area contributed by atoms with Crippen molar-refractivity contribution in [2.75, 3.05) is 18.6 Å². The van der Waals surface area contributed by atoms with Crippen molar-refractivity contribution in [2.45, 2.75) is 20.0 Å². The first-order valence-electron chi connectivity index (χ1n) is 9.11. The molecule has 0 N–H and O–H groups in total. The highest BCUT2D eigenvalue weighted by atomic mass is 35.5. The second kappa shape index (κ2) is 7.07. The van der Waals surface area contributed by atoms with E-state index in [1.165, 1.54) is 18.7 Å². The van der Waals surface area contributed by atoms with E-state index in [-0.39, 0.29) is 17.1 Å². The van der Waals surface area contributed by atoms with E-state index in [0.717, 1.165) is 10.3 Å². The molecule has 1 aliphatic heterocycles. The normalized spacial score (nSPS) is 16.1. The lowest BCUT2D eigenvalue weighted by Gasteiger charge is -2.33. The van der Waals surface area contributed by atoms with Crippen molar-refractivity contribution < 1.29 is 9.53 Å². The number of carbonyl (C=O) groups excluding carboxylic acids is 1. The van der Waals surface area contributed by atoms with Crippen LogP contribution in [0, 0.1) is 5.92 Å². The summed E-state index contributed by atoms with van der Waals surface area (Å²) >= 11 is 6.16. The lowest BCUT2D eigenvalue weighted by molar-refractivity contribution is -0.141. The second-order valence-corrected chi connectivity index (χ2v) is 7.64. The van der Waals surface area contributed by atoms with Gasteiger partial charge in [-0.05, 0) is 24.1 Å². The predicted molar refractivity (Wildman–Crippen MR) is 109 cm³/mol. The van der Waals surface area contributed by atoms with Crippen molar-refractivity contribution in [3.05, 3.63) is 50.1 Å². The van der Waals surface area contributed by atoms with Gasteiger partial charge in [0.2, 0.25) is 5.95 Å². The standard InChI is InChI=1S/C19H20ClN5O4/c1-11-8-23(13-6-4-5-12(20)7-13)18-21-16-15(24(18)9-11)17(27)25(10-14(26)29-3)19(28)22(16)2/h4-7,11H,8-10H2,1-3H3/t11-/m1/s1. The zero-order valence-corrected chi connectivity index (χ0v) is 17.0. The van der Waals surface area contributed by atoms with E-state index in [1.54, 1.807) is 10.6 Å². The molecule has 4 rings (SSSR count). The first-order valence-corrected chi connectivity index (χ1v) is 9.49. The highest BCUT2D eigenvalue weighted by Gasteiger charge is 2.30. The van der Waals surface area contributed by atoms with E-state index in [1.807, 2.05) is 23.1 Å². The maximum absolute atomic E-state index is 13.1. The monoisotopic (exact) mass is 417 g/mol. The quantitative estimate of drug-likeness (QED) is 0.600. The summed E-state index contributed by atoms with van der Waals surface area (Å²) in [6, 6.07) is 7.39. The van der Waals surface area contributed by atoms with E-state index in [2.05, 4.69) is 16.6 Å². The molecule has 1 aromatic carbocycles. The van der Waals surface area contributed by atoms with Crippen LogP contribution in [-0.4, -0.2) is 38.3 Å². The molecule has 0 saturated carbocycles. The zero-order chi connectivity index (χ0) is 20.9. The third-order valence-electron chi connectivity index (χ3n) is 5.08. The average molecular weight is 418 g/mol. The number of hydrogen-bond donors (Lipinski definition) is 0. The van der Waals surface area contributed by atoms with Gasteiger partial charge in [0.25, 0.3) is 5.56 Å². The van der Waals surface area contributed by atoms with Crippen LogP contribution in [0.1, 0.15) is 6.92 Å². The summed E-state index contributed by atoms with van der Waals surface area (Å²) in [4.78, 5) is 44.1. The van der Waals surface area contributed by atoms with Crippen molar-refractivity contribution in [1.82, 2.24) is 18.7 Å². The highest BCUT2D eigenvalue weighted by Crippen LogP contribution is 2.33. The van der Waals surface area contributed by atoms with Crippen LogP contribution in [0.5, 0.6) is 0 Å². The fourth-order valence-corrected chi connectivity index (χ4v) is 3.88. The fourth-order valence-electron chi connectivity index (χ4n) is 3.70. The molecule has 0 unspecified atom stereocenters. The summed E-state index contributed by atoms with van der Waals surface area (Å²) in [5.74, 6) is 0.101. The molecule has 0 aliphatic carbocycles. The number of hydrogen-bond acceptors (Lipinski definition) is 6. The molecule has 0 saturated heterocycles. The Balaban J connectivity index is 1.99. The van der Waals surface area contributed by atoms with Crippen LogP contribution in [0.3, 0.4) is 0 Å². The van der Waals surface area contributed by atoms with Gasteiger partial charge in [0, 0.05) is 30.8 Å². The van der Waals surface area contributed by atoms with Gasteiger partial charge in [-0.15, -0.1) is 0 Å². The largest absolute Gasteiger partial charge is 0.468 e. The molecule has 0 radical (unpaired) electrons. The Labute approximate surface area is 170 Å². The first kappa shape index (κ1) is 19.3. The zero-order valence-electron chi connectivity index (χ0n) is 16.3. The van der Waals surface area contributed by atoms with E-state index < -0.39 is 23.8 Å². The third kappa shape index (κ3) is 3.11. The minimum Gasteiger partial charge on any atom is -0.468 e. The average Bonchev–Trinajstić information content (AvgIpc) is 3.08. The number of aryl methyl sites for hydroxylation is 1. The van der Waals surface area contributed by atoms with Crippen molar-refractivity contribution in [3.8, 4) is 0 Å². The van der Waals surface area contributed by atoms with Crippen molar-refractivity contribution in [2.24, 2.45) is 13.0 Å².